The maximum atomic E-state index is 12.2. The molecule has 0 aromatic carbocycles. The number of ether oxygens (including phenoxy) is 2. The van der Waals surface area contributed by atoms with Gasteiger partial charge in [-0.3, -0.25) is 9.88 Å². The van der Waals surface area contributed by atoms with Gasteiger partial charge in [-0.05, 0) is 64.5 Å². The Labute approximate surface area is 162 Å². The normalized spacial score (nSPS) is 24.5. The molecule has 2 fully saturated rings. The van der Waals surface area contributed by atoms with Crippen LogP contribution in [0.3, 0.4) is 0 Å². The molecule has 0 radical (unpaired) electrons. The van der Waals surface area contributed by atoms with Crippen molar-refractivity contribution >= 4 is 6.09 Å². The number of hydrogen-bond donors (Lipinski definition) is 0. The molecule has 1 saturated carbocycles. The fourth-order valence-electron chi connectivity index (χ4n) is 3.92. The Morgan fingerprint density at radius 2 is 1.70 bits per heavy atom. The van der Waals surface area contributed by atoms with E-state index in [2.05, 4.69) is 9.88 Å². The Hall–Kier alpha value is -1.82. The number of amides is 1. The molecule has 27 heavy (non-hydrogen) atoms. The Morgan fingerprint density at radius 3 is 2.30 bits per heavy atom. The smallest absolute Gasteiger partial charge is 0.410 e. The highest BCUT2D eigenvalue weighted by Gasteiger charge is 2.31. The zero-order valence-electron chi connectivity index (χ0n) is 16.9. The van der Waals surface area contributed by atoms with E-state index in [1.54, 1.807) is 12.4 Å². The first-order chi connectivity index (χ1) is 12.9. The molecule has 3 rings (SSSR count). The minimum Gasteiger partial charge on any atom is -0.493 e. The molecule has 0 atom stereocenters. The Kier molecular flexibility index (Phi) is 6.58. The Morgan fingerprint density at radius 1 is 1.07 bits per heavy atom. The quantitative estimate of drug-likeness (QED) is 0.805. The summed E-state index contributed by atoms with van der Waals surface area (Å²) in [6.45, 7) is 9.96. The summed E-state index contributed by atoms with van der Waals surface area (Å²) in [6, 6.07) is 4.47. The lowest BCUT2D eigenvalue weighted by molar-refractivity contribution is 0.00654. The minimum atomic E-state index is -0.426. The summed E-state index contributed by atoms with van der Waals surface area (Å²) >= 11 is 0. The summed E-state index contributed by atoms with van der Waals surface area (Å²) in [5.41, 5.74) is -0.426. The largest absolute Gasteiger partial charge is 0.493 e. The van der Waals surface area contributed by atoms with E-state index in [1.807, 2.05) is 37.8 Å². The molecular weight excluding hydrogens is 342 g/mol. The van der Waals surface area contributed by atoms with Gasteiger partial charge in [-0.15, -0.1) is 0 Å². The lowest BCUT2D eigenvalue weighted by Crippen LogP contribution is -2.53. The summed E-state index contributed by atoms with van der Waals surface area (Å²) < 4.78 is 11.4. The average Bonchev–Trinajstić information content (AvgIpc) is 2.66. The van der Waals surface area contributed by atoms with Gasteiger partial charge in [-0.1, -0.05) is 0 Å². The summed E-state index contributed by atoms with van der Waals surface area (Å²) in [5.74, 6) is 1.54. The van der Waals surface area contributed by atoms with Crippen LogP contribution in [0.4, 0.5) is 4.79 Å². The number of carbonyl (C=O) groups excluding carboxylic acids is 1. The van der Waals surface area contributed by atoms with Crippen molar-refractivity contribution in [1.29, 1.82) is 0 Å². The van der Waals surface area contributed by atoms with Gasteiger partial charge in [-0.2, -0.15) is 0 Å². The van der Waals surface area contributed by atoms with Crippen molar-refractivity contribution in [3.63, 3.8) is 0 Å². The predicted molar refractivity (Wildman–Crippen MR) is 105 cm³/mol. The highest BCUT2D eigenvalue weighted by Crippen LogP contribution is 2.29. The number of aromatic nitrogens is 1. The molecule has 0 N–H and O–H groups in total. The van der Waals surface area contributed by atoms with Crippen LogP contribution in [0.1, 0.15) is 46.5 Å². The van der Waals surface area contributed by atoms with Crippen molar-refractivity contribution in [3.8, 4) is 5.75 Å². The maximum Gasteiger partial charge on any atom is 0.410 e. The lowest BCUT2D eigenvalue weighted by Gasteiger charge is -2.42. The molecule has 6 heteroatoms. The molecule has 0 bridgehead atoms. The molecule has 0 unspecified atom stereocenters. The molecular formula is C21H33N3O3. The van der Waals surface area contributed by atoms with Crippen LogP contribution < -0.4 is 4.74 Å². The fourth-order valence-corrected chi connectivity index (χ4v) is 3.92. The highest BCUT2D eigenvalue weighted by molar-refractivity contribution is 5.68. The third-order valence-corrected chi connectivity index (χ3v) is 5.43. The van der Waals surface area contributed by atoms with E-state index >= 15 is 0 Å². The van der Waals surface area contributed by atoms with Crippen LogP contribution >= 0.6 is 0 Å². The van der Waals surface area contributed by atoms with Crippen LogP contribution in [0.5, 0.6) is 5.75 Å². The Balaban J connectivity index is 1.36. The second-order valence-corrected chi connectivity index (χ2v) is 8.67. The number of pyridine rings is 1. The van der Waals surface area contributed by atoms with Crippen LogP contribution in [-0.2, 0) is 4.74 Å². The van der Waals surface area contributed by atoms with E-state index < -0.39 is 5.60 Å². The van der Waals surface area contributed by atoms with Crippen molar-refractivity contribution < 1.29 is 14.3 Å². The van der Waals surface area contributed by atoms with Gasteiger partial charge < -0.3 is 14.4 Å². The first-order valence-corrected chi connectivity index (χ1v) is 10.2. The van der Waals surface area contributed by atoms with E-state index in [9.17, 15) is 4.79 Å². The van der Waals surface area contributed by atoms with E-state index in [0.717, 1.165) is 38.5 Å². The molecule has 1 aliphatic heterocycles. The molecule has 150 valence electrons. The van der Waals surface area contributed by atoms with E-state index in [-0.39, 0.29) is 6.09 Å². The Bertz CT molecular complexity index is 586. The third kappa shape index (κ3) is 6.09. The standard InChI is InChI=1S/C21H33N3O3/c1-21(2,3)27-20(25)24-14-12-23(13-15-24)18-6-4-17(5-7-18)16-26-19-8-10-22-11-9-19/h8-11,17-18H,4-7,12-16H2,1-3H3. The SMILES string of the molecule is CC(C)(C)OC(=O)N1CCN(C2CCC(COc3ccncc3)CC2)CC1. The fraction of sp³-hybridized carbons (Fsp3) is 0.714. The molecule has 1 aromatic rings. The summed E-state index contributed by atoms with van der Waals surface area (Å²) in [5, 5.41) is 0. The van der Waals surface area contributed by atoms with E-state index in [4.69, 9.17) is 9.47 Å². The minimum absolute atomic E-state index is 0.181. The van der Waals surface area contributed by atoms with Crippen LogP contribution in [0.2, 0.25) is 0 Å². The van der Waals surface area contributed by atoms with Gasteiger partial charge in [-0.25, -0.2) is 4.79 Å². The first kappa shape index (κ1) is 19.9. The summed E-state index contributed by atoms with van der Waals surface area (Å²) in [4.78, 5) is 20.6. The molecule has 6 nitrogen and oxygen atoms in total. The number of hydrogen-bond acceptors (Lipinski definition) is 5. The van der Waals surface area contributed by atoms with Crippen molar-refractivity contribution in [2.45, 2.75) is 58.1 Å². The predicted octanol–water partition coefficient (Wildman–Crippen LogP) is 3.57. The van der Waals surface area contributed by atoms with Crippen LogP contribution in [0.25, 0.3) is 0 Å². The molecule has 1 aliphatic carbocycles. The van der Waals surface area contributed by atoms with Crippen LogP contribution in [-0.4, -0.2) is 65.3 Å². The van der Waals surface area contributed by atoms with Gasteiger partial charge >= 0.3 is 6.09 Å². The first-order valence-electron chi connectivity index (χ1n) is 10.2. The number of nitrogens with zero attached hydrogens (tertiary/aromatic N) is 3. The number of carbonyl (C=O) groups is 1. The monoisotopic (exact) mass is 375 g/mol. The third-order valence-electron chi connectivity index (χ3n) is 5.43. The summed E-state index contributed by atoms with van der Waals surface area (Å²) in [6.07, 6.45) is 8.21. The van der Waals surface area contributed by atoms with Gasteiger partial charge in [0.1, 0.15) is 11.4 Å². The zero-order chi connectivity index (χ0) is 19.3. The highest BCUT2D eigenvalue weighted by atomic mass is 16.6. The van der Waals surface area contributed by atoms with Crippen molar-refractivity contribution in [2.24, 2.45) is 5.92 Å². The van der Waals surface area contributed by atoms with Crippen LogP contribution in [0, 0.1) is 5.92 Å². The van der Waals surface area contributed by atoms with E-state index in [1.165, 1.54) is 25.7 Å². The molecule has 1 amide bonds. The topological polar surface area (TPSA) is 54.9 Å². The second kappa shape index (κ2) is 8.91. The molecule has 1 aromatic heterocycles. The molecule has 0 spiro atoms. The van der Waals surface area contributed by atoms with Gasteiger partial charge in [0, 0.05) is 44.6 Å². The second-order valence-electron chi connectivity index (χ2n) is 8.67. The van der Waals surface area contributed by atoms with Gasteiger partial charge in [0.25, 0.3) is 0 Å². The van der Waals surface area contributed by atoms with Crippen molar-refractivity contribution in [3.05, 3.63) is 24.5 Å². The number of piperazine rings is 1. The maximum absolute atomic E-state index is 12.2. The number of rotatable bonds is 4. The molecule has 2 heterocycles. The lowest BCUT2D eigenvalue weighted by atomic mass is 9.85. The average molecular weight is 376 g/mol. The van der Waals surface area contributed by atoms with Crippen molar-refractivity contribution in [2.75, 3.05) is 32.8 Å². The van der Waals surface area contributed by atoms with Gasteiger partial charge in [0.15, 0.2) is 0 Å². The van der Waals surface area contributed by atoms with Gasteiger partial charge in [0.2, 0.25) is 0 Å². The van der Waals surface area contributed by atoms with Crippen LogP contribution in [0.15, 0.2) is 24.5 Å². The van der Waals surface area contributed by atoms with Crippen molar-refractivity contribution in [1.82, 2.24) is 14.8 Å². The molecule has 2 aliphatic rings. The van der Waals surface area contributed by atoms with Gasteiger partial charge in [0.05, 0.1) is 6.61 Å². The summed E-state index contributed by atoms with van der Waals surface area (Å²) in [7, 11) is 0. The zero-order valence-corrected chi connectivity index (χ0v) is 16.9. The van der Waals surface area contributed by atoms with E-state index in [0.29, 0.717) is 12.0 Å². The molecule has 1 saturated heterocycles.